The molecule has 8 heteroatoms. The summed E-state index contributed by atoms with van der Waals surface area (Å²) in [7, 11) is 0. The van der Waals surface area contributed by atoms with Crippen LogP contribution >= 0.6 is 0 Å². The first-order chi connectivity index (χ1) is 7.93. The first-order valence-corrected chi connectivity index (χ1v) is 5.21. The summed E-state index contributed by atoms with van der Waals surface area (Å²) in [5, 5.41) is 31.1. The largest absolute Gasteiger partial charge is 0.479 e. The van der Waals surface area contributed by atoms with Crippen molar-refractivity contribution in [1.82, 2.24) is 10.4 Å². The Labute approximate surface area is 97.7 Å². The van der Waals surface area contributed by atoms with E-state index in [1.54, 1.807) is 6.92 Å². The quantitative estimate of drug-likeness (QED) is 0.446. The Bertz CT molecular complexity index is 297. The van der Waals surface area contributed by atoms with Gasteiger partial charge in [0.05, 0.1) is 0 Å². The van der Waals surface area contributed by atoms with Gasteiger partial charge in [-0.2, -0.15) is 5.06 Å². The van der Waals surface area contributed by atoms with Crippen molar-refractivity contribution in [1.29, 1.82) is 0 Å². The molecule has 17 heavy (non-hydrogen) atoms. The molecule has 1 aliphatic rings. The molecule has 2 unspecified atom stereocenters. The molecule has 0 aromatic heterocycles. The van der Waals surface area contributed by atoms with E-state index >= 15 is 0 Å². The Kier molecular flexibility index (Phi) is 4.82. The van der Waals surface area contributed by atoms with Gasteiger partial charge in [-0.05, 0) is 6.92 Å². The fraction of sp³-hybridized carbons (Fsp3) is 0.778. The third-order valence-electron chi connectivity index (χ3n) is 2.47. The highest BCUT2D eigenvalue weighted by Crippen LogP contribution is 2.09. The van der Waals surface area contributed by atoms with Gasteiger partial charge in [0, 0.05) is 25.7 Å². The van der Waals surface area contributed by atoms with Gasteiger partial charge in [-0.3, -0.25) is 4.84 Å². The van der Waals surface area contributed by atoms with Crippen LogP contribution in [0.5, 0.6) is 0 Å². The van der Waals surface area contributed by atoms with Crippen LogP contribution in [0.25, 0.3) is 0 Å². The highest BCUT2D eigenvalue weighted by atomic mass is 16.7. The van der Waals surface area contributed by atoms with Crippen LogP contribution < -0.4 is 5.32 Å². The minimum absolute atomic E-state index is 0.0911. The predicted molar refractivity (Wildman–Crippen MR) is 55.2 cm³/mol. The Morgan fingerprint density at radius 2 is 2.06 bits per heavy atom. The second-order valence-corrected chi connectivity index (χ2v) is 3.84. The Hall–Kier alpha value is -1.22. The van der Waals surface area contributed by atoms with E-state index in [2.05, 4.69) is 5.32 Å². The highest BCUT2D eigenvalue weighted by Gasteiger charge is 2.36. The van der Waals surface area contributed by atoms with Crippen LogP contribution in [0.15, 0.2) is 0 Å². The van der Waals surface area contributed by atoms with Gasteiger partial charge in [-0.15, -0.1) is 0 Å². The molecule has 0 saturated carbocycles. The van der Waals surface area contributed by atoms with Crippen LogP contribution in [0.4, 0.5) is 0 Å². The molecule has 0 aliphatic carbocycles. The number of aliphatic hydroxyl groups is 1. The maximum Gasteiger partial charge on any atom is 0.338 e. The molecule has 1 heterocycles. The maximum atomic E-state index is 10.8. The number of hydrogen-bond donors (Lipinski definition) is 4. The fourth-order valence-electron chi connectivity index (χ4n) is 1.49. The van der Waals surface area contributed by atoms with Crippen molar-refractivity contribution in [2.45, 2.75) is 25.2 Å². The Balaban J connectivity index is 2.65. The summed E-state index contributed by atoms with van der Waals surface area (Å²) in [5.74, 6) is -3.13. The van der Waals surface area contributed by atoms with Gasteiger partial charge in [-0.1, -0.05) is 0 Å². The molecule has 1 fully saturated rings. The van der Waals surface area contributed by atoms with E-state index in [9.17, 15) is 14.7 Å². The van der Waals surface area contributed by atoms with Crippen LogP contribution in [-0.2, 0) is 14.4 Å². The predicted octanol–water partition coefficient (Wildman–Crippen LogP) is -1.89. The highest BCUT2D eigenvalue weighted by molar-refractivity contribution is 5.83. The number of aliphatic carboxylic acids is 2. The molecular formula is C9H16N2O6. The van der Waals surface area contributed by atoms with E-state index in [0.29, 0.717) is 19.6 Å². The fourth-order valence-corrected chi connectivity index (χ4v) is 1.49. The number of aliphatic hydroxyl groups excluding tert-OH is 1. The lowest BCUT2D eigenvalue weighted by Gasteiger charge is -2.34. The Morgan fingerprint density at radius 3 is 2.53 bits per heavy atom. The van der Waals surface area contributed by atoms with Crippen molar-refractivity contribution >= 4 is 11.9 Å². The lowest BCUT2D eigenvalue weighted by atomic mass is 10.2. The van der Waals surface area contributed by atoms with Gasteiger partial charge in [0.1, 0.15) is 0 Å². The normalized spacial score (nSPS) is 25.2. The van der Waals surface area contributed by atoms with E-state index in [1.807, 2.05) is 0 Å². The van der Waals surface area contributed by atoms with Crippen LogP contribution in [0.2, 0.25) is 0 Å². The SMILES string of the molecule is C[C@@H]1CNCCN1OC(C(=O)O)C(O)C(=O)O. The summed E-state index contributed by atoms with van der Waals surface area (Å²) in [6, 6.07) is -0.0911. The van der Waals surface area contributed by atoms with E-state index in [4.69, 9.17) is 15.1 Å². The second kappa shape index (κ2) is 5.92. The zero-order valence-electron chi connectivity index (χ0n) is 9.37. The lowest BCUT2D eigenvalue weighted by Crippen LogP contribution is -2.54. The molecule has 0 radical (unpaired) electrons. The molecule has 98 valence electrons. The summed E-state index contributed by atoms with van der Waals surface area (Å²) >= 11 is 0. The second-order valence-electron chi connectivity index (χ2n) is 3.84. The molecule has 0 aromatic carbocycles. The van der Waals surface area contributed by atoms with Crippen LogP contribution in [0.1, 0.15) is 6.92 Å². The van der Waals surface area contributed by atoms with Gasteiger partial charge < -0.3 is 20.6 Å². The number of nitrogens with zero attached hydrogens (tertiary/aromatic N) is 1. The van der Waals surface area contributed by atoms with Crippen LogP contribution in [0, 0.1) is 0 Å². The molecule has 1 aliphatic heterocycles. The van der Waals surface area contributed by atoms with Gasteiger partial charge in [0.2, 0.25) is 6.10 Å². The van der Waals surface area contributed by atoms with Gasteiger partial charge in [0.15, 0.2) is 6.10 Å². The van der Waals surface area contributed by atoms with E-state index < -0.39 is 24.1 Å². The summed E-state index contributed by atoms with van der Waals surface area (Å²) in [4.78, 5) is 26.4. The Morgan fingerprint density at radius 1 is 1.41 bits per heavy atom. The van der Waals surface area contributed by atoms with Crippen molar-refractivity contribution in [3.8, 4) is 0 Å². The molecule has 0 bridgehead atoms. The van der Waals surface area contributed by atoms with E-state index in [-0.39, 0.29) is 6.04 Å². The van der Waals surface area contributed by atoms with E-state index in [0.717, 1.165) is 0 Å². The zero-order chi connectivity index (χ0) is 13.0. The maximum absolute atomic E-state index is 10.8. The third-order valence-corrected chi connectivity index (χ3v) is 2.47. The smallest absolute Gasteiger partial charge is 0.338 e. The van der Waals surface area contributed by atoms with Crippen LogP contribution in [0.3, 0.4) is 0 Å². The topological polar surface area (TPSA) is 119 Å². The molecule has 1 rings (SSSR count). The molecule has 0 aromatic rings. The number of piperazine rings is 1. The molecule has 8 nitrogen and oxygen atoms in total. The zero-order valence-corrected chi connectivity index (χ0v) is 9.37. The minimum atomic E-state index is -2.09. The van der Waals surface area contributed by atoms with Crippen molar-refractivity contribution in [3.63, 3.8) is 0 Å². The van der Waals surface area contributed by atoms with E-state index in [1.165, 1.54) is 5.06 Å². The molecule has 3 atom stereocenters. The first-order valence-electron chi connectivity index (χ1n) is 5.21. The number of carboxylic acid groups (broad SMARTS) is 2. The summed E-state index contributed by atoms with van der Waals surface area (Å²) in [6.07, 6.45) is -3.89. The minimum Gasteiger partial charge on any atom is -0.479 e. The average Bonchev–Trinajstić information content (AvgIpc) is 2.26. The first kappa shape index (κ1) is 13.8. The third kappa shape index (κ3) is 3.63. The van der Waals surface area contributed by atoms with Crippen molar-refractivity contribution in [3.05, 3.63) is 0 Å². The molecule has 4 N–H and O–H groups in total. The lowest BCUT2D eigenvalue weighted by molar-refractivity contribution is -0.247. The molecule has 1 saturated heterocycles. The standard InChI is InChI=1S/C9H16N2O6/c1-5-4-10-2-3-11(5)17-7(9(15)16)6(12)8(13)14/h5-7,10,12H,2-4H2,1H3,(H,13,14)(H,15,16)/t5-,6?,7?/m1/s1. The van der Waals surface area contributed by atoms with Crippen molar-refractivity contribution in [2.24, 2.45) is 0 Å². The van der Waals surface area contributed by atoms with Gasteiger partial charge >= 0.3 is 11.9 Å². The number of carboxylic acids is 2. The monoisotopic (exact) mass is 248 g/mol. The van der Waals surface area contributed by atoms with Gasteiger partial charge in [0.25, 0.3) is 0 Å². The average molecular weight is 248 g/mol. The molecule has 0 spiro atoms. The molecular weight excluding hydrogens is 232 g/mol. The van der Waals surface area contributed by atoms with Crippen molar-refractivity contribution in [2.75, 3.05) is 19.6 Å². The number of hydrogen-bond acceptors (Lipinski definition) is 6. The number of hydroxylamine groups is 2. The summed E-state index contributed by atoms with van der Waals surface area (Å²) in [5.41, 5.74) is 0. The van der Waals surface area contributed by atoms with Crippen LogP contribution in [-0.4, -0.2) is 70.2 Å². The summed E-state index contributed by atoms with van der Waals surface area (Å²) in [6.45, 7) is 3.45. The molecule has 0 amide bonds. The number of rotatable bonds is 5. The number of carbonyl (C=O) groups is 2. The van der Waals surface area contributed by atoms with Crippen molar-refractivity contribution < 1.29 is 29.7 Å². The summed E-state index contributed by atoms with van der Waals surface area (Å²) < 4.78 is 0. The number of nitrogens with one attached hydrogen (secondary N) is 1. The van der Waals surface area contributed by atoms with Gasteiger partial charge in [-0.25, -0.2) is 9.59 Å².